The predicted octanol–water partition coefficient (Wildman–Crippen LogP) is 2.03. The van der Waals surface area contributed by atoms with Crippen molar-refractivity contribution in [3.63, 3.8) is 0 Å². The van der Waals surface area contributed by atoms with Crippen LogP contribution in [-0.4, -0.2) is 21.5 Å². The Morgan fingerprint density at radius 2 is 1.60 bits per heavy atom. The summed E-state index contributed by atoms with van der Waals surface area (Å²) in [7, 11) is -3.79. The van der Waals surface area contributed by atoms with Crippen molar-refractivity contribution in [3.05, 3.63) is 18.2 Å². The minimum atomic E-state index is -3.79. The van der Waals surface area contributed by atoms with E-state index in [1.54, 1.807) is 12.1 Å². The first-order chi connectivity index (χ1) is 9.11. The van der Waals surface area contributed by atoms with E-state index in [9.17, 15) is 8.42 Å². The molecule has 0 heterocycles. The molecule has 1 aromatic rings. The standard InChI is InChI=1S/C14H25N3O2S/c1-10(2)8-17(9-11(3)4)13-6-5-12(15)7-14(13)20(16,18)19/h5-7,10-11H,8-9,15H2,1-4H3,(H2,16,18,19). The molecule has 0 atom stereocenters. The van der Waals surface area contributed by atoms with Gasteiger partial charge in [0.15, 0.2) is 0 Å². The van der Waals surface area contributed by atoms with Crippen molar-refractivity contribution in [2.24, 2.45) is 17.0 Å². The Bertz CT molecular complexity index is 544. The summed E-state index contributed by atoms with van der Waals surface area (Å²) in [5.41, 5.74) is 6.71. The molecule has 1 aromatic carbocycles. The van der Waals surface area contributed by atoms with E-state index >= 15 is 0 Å². The highest BCUT2D eigenvalue weighted by atomic mass is 32.2. The van der Waals surface area contributed by atoms with Gasteiger partial charge in [0.05, 0.1) is 5.69 Å². The van der Waals surface area contributed by atoms with Gasteiger partial charge in [-0.1, -0.05) is 27.7 Å². The third-order valence-electron chi connectivity index (χ3n) is 2.80. The Hall–Kier alpha value is -1.27. The van der Waals surface area contributed by atoms with Crippen molar-refractivity contribution in [1.82, 2.24) is 0 Å². The summed E-state index contributed by atoms with van der Waals surface area (Å²) in [5, 5.41) is 5.32. The third kappa shape index (κ3) is 4.68. The van der Waals surface area contributed by atoms with Gasteiger partial charge in [-0.25, -0.2) is 13.6 Å². The van der Waals surface area contributed by atoms with Gasteiger partial charge in [-0.2, -0.15) is 0 Å². The van der Waals surface area contributed by atoms with Crippen molar-refractivity contribution in [2.75, 3.05) is 23.7 Å². The molecule has 0 radical (unpaired) electrons. The number of anilines is 2. The van der Waals surface area contributed by atoms with E-state index in [0.29, 0.717) is 23.2 Å². The first-order valence-electron chi connectivity index (χ1n) is 6.78. The van der Waals surface area contributed by atoms with Crippen molar-refractivity contribution >= 4 is 21.4 Å². The van der Waals surface area contributed by atoms with Crippen LogP contribution >= 0.6 is 0 Å². The normalized spacial score (nSPS) is 12.2. The smallest absolute Gasteiger partial charge is 0.240 e. The molecule has 1 rings (SSSR count). The Morgan fingerprint density at radius 1 is 1.10 bits per heavy atom. The first-order valence-corrected chi connectivity index (χ1v) is 8.33. The zero-order valence-electron chi connectivity index (χ0n) is 12.6. The van der Waals surface area contributed by atoms with E-state index in [2.05, 4.69) is 32.6 Å². The van der Waals surface area contributed by atoms with Crippen LogP contribution in [0.5, 0.6) is 0 Å². The molecule has 0 spiro atoms. The topological polar surface area (TPSA) is 89.4 Å². The van der Waals surface area contributed by atoms with Crippen molar-refractivity contribution in [3.8, 4) is 0 Å². The molecule has 0 aromatic heterocycles. The zero-order chi connectivity index (χ0) is 15.5. The lowest BCUT2D eigenvalue weighted by Crippen LogP contribution is -2.33. The van der Waals surface area contributed by atoms with Crippen LogP contribution in [0.3, 0.4) is 0 Å². The molecule has 0 aliphatic heterocycles. The molecule has 0 saturated heterocycles. The van der Waals surface area contributed by atoms with Gasteiger partial charge >= 0.3 is 0 Å². The number of benzene rings is 1. The largest absolute Gasteiger partial charge is 0.399 e. The Balaban J connectivity index is 3.32. The summed E-state index contributed by atoms with van der Waals surface area (Å²) in [6.07, 6.45) is 0. The summed E-state index contributed by atoms with van der Waals surface area (Å²) in [6.45, 7) is 9.93. The van der Waals surface area contributed by atoms with Gasteiger partial charge < -0.3 is 10.6 Å². The minimum absolute atomic E-state index is 0.0961. The zero-order valence-corrected chi connectivity index (χ0v) is 13.4. The van der Waals surface area contributed by atoms with Crippen LogP contribution in [0.2, 0.25) is 0 Å². The highest BCUT2D eigenvalue weighted by molar-refractivity contribution is 7.89. The van der Waals surface area contributed by atoms with E-state index in [1.165, 1.54) is 6.07 Å². The van der Waals surface area contributed by atoms with Crippen LogP contribution in [0.1, 0.15) is 27.7 Å². The number of nitrogens with zero attached hydrogens (tertiary/aromatic N) is 1. The maximum absolute atomic E-state index is 11.8. The summed E-state index contributed by atoms with van der Waals surface area (Å²) >= 11 is 0. The fourth-order valence-electron chi connectivity index (χ4n) is 2.17. The van der Waals surface area contributed by atoms with E-state index in [4.69, 9.17) is 10.9 Å². The molecule has 0 aliphatic rings. The van der Waals surface area contributed by atoms with Crippen LogP contribution in [0.15, 0.2) is 23.1 Å². The van der Waals surface area contributed by atoms with Crippen LogP contribution in [-0.2, 0) is 10.0 Å². The predicted molar refractivity (Wildman–Crippen MR) is 84.1 cm³/mol. The molecule has 0 bridgehead atoms. The number of nitrogen functional groups attached to an aromatic ring is 1. The SMILES string of the molecule is CC(C)CN(CC(C)C)c1ccc(N)cc1S(N)(=O)=O. The van der Waals surface area contributed by atoms with Gasteiger partial charge in [0.1, 0.15) is 4.90 Å². The molecule has 6 heteroatoms. The summed E-state index contributed by atoms with van der Waals surface area (Å²) in [4.78, 5) is 2.16. The number of rotatable bonds is 6. The second-order valence-corrected chi connectivity index (χ2v) is 7.49. The molecular weight excluding hydrogens is 274 g/mol. The molecule has 5 nitrogen and oxygen atoms in total. The lowest BCUT2D eigenvalue weighted by Gasteiger charge is -2.30. The van der Waals surface area contributed by atoms with E-state index < -0.39 is 10.0 Å². The molecule has 0 saturated carbocycles. The first kappa shape index (κ1) is 16.8. The van der Waals surface area contributed by atoms with Crippen molar-refractivity contribution < 1.29 is 8.42 Å². The average Bonchev–Trinajstić information content (AvgIpc) is 2.25. The van der Waals surface area contributed by atoms with Gasteiger partial charge in [-0.3, -0.25) is 0 Å². The van der Waals surface area contributed by atoms with Gasteiger partial charge in [0.25, 0.3) is 0 Å². The number of hydrogen-bond donors (Lipinski definition) is 2. The number of hydrogen-bond acceptors (Lipinski definition) is 4. The average molecular weight is 299 g/mol. The second kappa shape index (κ2) is 6.45. The van der Waals surface area contributed by atoms with Gasteiger partial charge in [0.2, 0.25) is 10.0 Å². The van der Waals surface area contributed by atoms with Gasteiger partial charge in [-0.15, -0.1) is 0 Å². The van der Waals surface area contributed by atoms with E-state index in [1.807, 2.05) is 0 Å². The summed E-state index contributed by atoms with van der Waals surface area (Å²) in [5.74, 6) is 0.833. The van der Waals surface area contributed by atoms with Crippen molar-refractivity contribution in [2.45, 2.75) is 32.6 Å². The third-order valence-corrected chi connectivity index (χ3v) is 3.74. The van der Waals surface area contributed by atoms with Crippen LogP contribution in [0, 0.1) is 11.8 Å². The molecule has 0 amide bonds. The van der Waals surface area contributed by atoms with Gasteiger partial charge in [0, 0.05) is 18.8 Å². The molecule has 114 valence electrons. The van der Waals surface area contributed by atoms with Crippen molar-refractivity contribution in [1.29, 1.82) is 0 Å². The number of primary sulfonamides is 1. The molecule has 0 aliphatic carbocycles. The van der Waals surface area contributed by atoms with Crippen LogP contribution in [0.25, 0.3) is 0 Å². The van der Waals surface area contributed by atoms with E-state index in [0.717, 1.165) is 13.1 Å². The summed E-state index contributed by atoms with van der Waals surface area (Å²) in [6, 6.07) is 4.87. The highest BCUT2D eigenvalue weighted by Gasteiger charge is 2.20. The quantitative estimate of drug-likeness (QED) is 0.787. The molecule has 0 fully saturated rings. The Labute approximate surface area is 122 Å². The molecule has 0 unspecified atom stereocenters. The molecule has 4 N–H and O–H groups in total. The molecule has 20 heavy (non-hydrogen) atoms. The second-order valence-electron chi connectivity index (χ2n) is 5.96. The fourth-order valence-corrected chi connectivity index (χ4v) is 2.96. The number of sulfonamides is 1. The summed E-state index contributed by atoms with van der Waals surface area (Å²) < 4.78 is 23.6. The fraction of sp³-hybridized carbons (Fsp3) is 0.571. The van der Waals surface area contributed by atoms with Gasteiger partial charge in [-0.05, 0) is 30.0 Å². The van der Waals surface area contributed by atoms with Crippen LogP contribution < -0.4 is 15.8 Å². The monoisotopic (exact) mass is 299 g/mol. The minimum Gasteiger partial charge on any atom is -0.399 e. The maximum Gasteiger partial charge on any atom is 0.240 e. The molecular formula is C14H25N3O2S. The maximum atomic E-state index is 11.8. The lowest BCUT2D eigenvalue weighted by atomic mass is 10.1. The van der Waals surface area contributed by atoms with E-state index in [-0.39, 0.29) is 4.90 Å². The Morgan fingerprint density at radius 3 is 2.00 bits per heavy atom. The van der Waals surface area contributed by atoms with Crippen LogP contribution in [0.4, 0.5) is 11.4 Å². The lowest BCUT2D eigenvalue weighted by molar-refractivity contribution is 0.548. The highest BCUT2D eigenvalue weighted by Crippen LogP contribution is 2.28. The Kier molecular flexibility index (Phi) is 5.42. The number of nitrogens with two attached hydrogens (primary N) is 2.